The van der Waals surface area contributed by atoms with Crippen LogP contribution in [0.5, 0.6) is 17.2 Å². The number of ether oxygens (including phenoxy) is 3. The molecule has 1 amide bonds. The average Bonchev–Trinajstić information content (AvgIpc) is 2.89. The molecular formula is C28H23BrN2O5. The minimum atomic E-state index is -0.762. The van der Waals surface area contributed by atoms with Crippen LogP contribution in [0.1, 0.15) is 22.8 Å². The molecule has 0 aliphatic heterocycles. The number of nitrogens with zero attached hydrogens (tertiary/aromatic N) is 1. The first kappa shape index (κ1) is 24.9. The van der Waals surface area contributed by atoms with E-state index >= 15 is 0 Å². The molecule has 0 aliphatic rings. The normalized spacial score (nSPS) is 11.8. The third-order valence-corrected chi connectivity index (χ3v) is 5.75. The smallest absolute Gasteiger partial charge is 0.343 e. The zero-order valence-electron chi connectivity index (χ0n) is 19.6. The third-order valence-electron chi connectivity index (χ3n) is 5.26. The second kappa shape index (κ2) is 11.5. The quantitative estimate of drug-likeness (QED) is 0.132. The number of esters is 1. The summed E-state index contributed by atoms with van der Waals surface area (Å²) in [6, 6.07) is 25.3. The molecule has 4 aromatic rings. The van der Waals surface area contributed by atoms with Crippen molar-refractivity contribution in [2.45, 2.75) is 13.0 Å². The molecule has 8 heteroatoms. The maximum Gasteiger partial charge on any atom is 0.343 e. The lowest BCUT2D eigenvalue weighted by Crippen LogP contribution is -2.33. The van der Waals surface area contributed by atoms with E-state index in [0.29, 0.717) is 22.6 Å². The van der Waals surface area contributed by atoms with Gasteiger partial charge >= 0.3 is 5.97 Å². The van der Waals surface area contributed by atoms with Crippen LogP contribution < -0.4 is 19.6 Å². The Kier molecular flexibility index (Phi) is 7.97. The summed E-state index contributed by atoms with van der Waals surface area (Å²) in [5, 5.41) is 5.97. The van der Waals surface area contributed by atoms with E-state index in [-0.39, 0.29) is 5.75 Å². The monoisotopic (exact) mass is 546 g/mol. The van der Waals surface area contributed by atoms with Gasteiger partial charge in [0.25, 0.3) is 5.91 Å². The van der Waals surface area contributed by atoms with E-state index in [1.165, 1.54) is 13.3 Å². The van der Waals surface area contributed by atoms with E-state index in [1.807, 2.05) is 48.5 Å². The highest BCUT2D eigenvalue weighted by molar-refractivity contribution is 9.10. The van der Waals surface area contributed by atoms with Gasteiger partial charge in [0.2, 0.25) is 0 Å². The molecule has 4 rings (SSSR count). The fourth-order valence-electron chi connectivity index (χ4n) is 3.43. The Bertz CT molecular complexity index is 1430. The van der Waals surface area contributed by atoms with Gasteiger partial charge in [0.05, 0.1) is 18.9 Å². The number of nitrogens with one attached hydrogen (secondary N) is 1. The van der Waals surface area contributed by atoms with Gasteiger partial charge in [0.1, 0.15) is 5.75 Å². The Labute approximate surface area is 216 Å². The topological polar surface area (TPSA) is 86.2 Å². The van der Waals surface area contributed by atoms with Gasteiger partial charge in [-0.1, -0.05) is 58.4 Å². The van der Waals surface area contributed by atoms with Crippen LogP contribution in [0.3, 0.4) is 0 Å². The van der Waals surface area contributed by atoms with Gasteiger partial charge in [-0.25, -0.2) is 10.2 Å². The van der Waals surface area contributed by atoms with Crippen molar-refractivity contribution >= 4 is 44.8 Å². The molecule has 0 heterocycles. The van der Waals surface area contributed by atoms with E-state index in [0.717, 1.165) is 15.2 Å². The first-order valence-electron chi connectivity index (χ1n) is 11.1. The summed E-state index contributed by atoms with van der Waals surface area (Å²) in [6.45, 7) is 1.66. The molecule has 4 aromatic carbocycles. The van der Waals surface area contributed by atoms with Crippen molar-refractivity contribution in [1.82, 2.24) is 5.43 Å². The first-order valence-corrected chi connectivity index (χ1v) is 11.9. The van der Waals surface area contributed by atoms with Crippen LogP contribution in [0.2, 0.25) is 0 Å². The molecule has 182 valence electrons. The maximum absolute atomic E-state index is 12.5. The molecule has 0 aromatic heterocycles. The fraction of sp³-hybridized carbons (Fsp3) is 0.107. The molecule has 1 unspecified atom stereocenters. The molecule has 7 nitrogen and oxygen atoms in total. The van der Waals surface area contributed by atoms with Crippen LogP contribution in [-0.4, -0.2) is 31.3 Å². The van der Waals surface area contributed by atoms with Crippen molar-refractivity contribution in [1.29, 1.82) is 0 Å². The van der Waals surface area contributed by atoms with Gasteiger partial charge in [-0.2, -0.15) is 5.10 Å². The Morgan fingerprint density at radius 1 is 0.917 bits per heavy atom. The lowest BCUT2D eigenvalue weighted by molar-refractivity contribution is -0.127. The Morgan fingerprint density at radius 3 is 2.50 bits per heavy atom. The van der Waals surface area contributed by atoms with Crippen LogP contribution in [-0.2, 0) is 4.79 Å². The SMILES string of the molecule is COc1cc(/C=N/NC(=O)C(C)Oc2cccc3ccccc23)ccc1OC(=O)c1cccc(Br)c1. The number of carbonyl (C=O) groups is 2. The van der Waals surface area contributed by atoms with Gasteiger partial charge in [-0.15, -0.1) is 0 Å². The molecule has 0 fully saturated rings. The standard InChI is InChI=1S/C28H23BrN2O5/c1-18(35-24-12-6-8-20-7-3-4-11-23(20)24)27(32)31-30-17-19-13-14-25(26(15-19)34-2)36-28(33)21-9-5-10-22(29)16-21/h3-18H,1-2H3,(H,31,32)/b30-17+. The number of methoxy groups -OCH3 is 1. The van der Waals surface area contributed by atoms with Crippen molar-refractivity contribution in [3.05, 3.63) is 101 Å². The summed E-state index contributed by atoms with van der Waals surface area (Å²) < 4.78 is 17.5. The van der Waals surface area contributed by atoms with E-state index in [1.54, 1.807) is 43.3 Å². The zero-order valence-corrected chi connectivity index (χ0v) is 21.2. The van der Waals surface area contributed by atoms with E-state index in [2.05, 4.69) is 26.5 Å². The molecule has 0 bridgehead atoms. The number of hydrogen-bond acceptors (Lipinski definition) is 6. The number of hydrazone groups is 1. The molecule has 36 heavy (non-hydrogen) atoms. The number of carbonyl (C=O) groups excluding carboxylic acids is 2. The minimum Gasteiger partial charge on any atom is -0.493 e. The summed E-state index contributed by atoms with van der Waals surface area (Å²) >= 11 is 3.34. The maximum atomic E-state index is 12.5. The Balaban J connectivity index is 1.38. The number of amides is 1. The van der Waals surface area contributed by atoms with Crippen LogP contribution >= 0.6 is 15.9 Å². The number of rotatable bonds is 8. The molecule has 0 saturated carbocycles. The summed E-state index contributed by atoms with van der Waals surface area (Å²) in [5.41, 5.74) is 3.52. The highest BCUT2D eigenvalue weighted by atomic mass is 79.9. The molecule has 0 aliphatic carbocycles. The van der Waals surface area contributed by atoms with Gasteiger partial charge in [-0.05, 0) is 60.3 Å². The Morgan fingerprint density at radius 2 is 1.69 bits per heavy atom. The molecule has 1 N–H and O–H groups in total. The van der Waals surface area contributed by atoms with Crippen molar-refractivity contribution < 1.29 is 23.8 Å². The van der Waals surface area contributed by atoms with Crippen molar-refractivity contribution in [2.75, 3.05) is 7.11 Å². The molecule has 0 spiro atoms. The van der Waals surface area contributed by atoms with Crippen LogP contribution in [0.25, 0.3) is 10.8 Å². The largest absolute Gasteiger partial charge is 0.493 e. The van der Waals surface area contributed by atoms with Gasteiger partial charge in [0.15, 0.2) is 17.6 Å². The first-order chi connectivity index (χ1) is 17.4. The van der Waals surface area contributed by atoms with Crippen LogP contribution in [0.4, 0.5) is 0 Å². The van der Waals surface area contributed by atoms with Gasteiger partial charge in [-0.3, -0.25) is 4.79 Å². The summed E-state index contributed by atoms with van der Waals surface area (Å²) in [4.78, 5) is 24.9. The van der Waals surface area contributed by atoms with E-state index < -0.39 is 18.0 Å². The van der Waals surface area contributed by atoms with Gasteiger partial charge in [0, 0.05) is 9.86 Å². The highest BCUT2D eigenvalue weighted by Gasteiger charge is 2.16. The van der Waals surface area contributed by atoms with E-state index in [4.69, 9.17) is 14.2 Å². The number of benzene rings is 4. The summed E-state index contributed by atoms with van der Waals surface area (Å²) in [5.74, 6) is 0.327. The van der Waals surface area contributed by atoms with Crippen LogP contribution in [0, 0.1) is 0 Å². The second-order valence-corrected chi connectivity index (χ2v) is 8.70. The molecule has 1 atom stereocenters. The predicted molar refractivity (Wildman–Crippen MR) is 142 cm³/mol. The number of hydrogen-bond donors (Lipinski definition) is 1. The molecule has 0 radical (unpaired) electrons. The van der Waals surface area contributed by atoms with Crippen molar-refractivity contribution in [2.24, 2.45) is 5.10 Å². The van der Waals surface area contributed by atoms with Crippen molar-refractivity contribution in [3.63, 3.8) is 0 Å². The summed E-state index contributed by atoms with van der Waals surface area (Å²) in [6.07, 6.45) is 0.702. The average molecular weight is 547 g/mol. The lowest BCUT2D eigenvalue weighted by Gasteiger charge is -2.14. The van der Waals surface area contributed by atoms with Crippen LogP contribution in [0.15, 0.2) is 94.5 Å². The minimum absolute atomic E-state index is 0.265. The fourth-order valence-corrected chi connectivity index (χ4v) is 3.83. The molecule has 0 saturated heterocycles. The van der Waals surface area contributed by atoms with E-state index in [9.17, 15) is 9.59 Å². The summed E-state index contributed by atoms with van der Waals surface area (Å²) in [7, 11) is 1.47. The number of fused-ring (bicyclic) bond motifs is 1. The zero-order chi connectivity index (χ0) is 25.5. The Hall–Kier alpha value is -4.17. The predicted octanol–water partition coefficient (Wildman–Crippen LogP) is 5.75. The van der Waals surface area contributed by atoms with Crippen molar-refractivity contribution in [3.8, 4) is 17.2 Å². The lowest BCUT2D eigenvalue weighted by atomic mass is 10.1. The number of halogens is 1. The molecular weight excluding hydrogens is 524 g/mol. The second-order valence-electron chi connectivity index (χ2n) is 7.78. The highest BCUT2D eigenvalue weighted by Crippen LogP contribution is 2.29. The van der Waals surface area contributed by atoms with Gasteiger partial charge < -0.3 is 14.2 Å². The third kappa shape index (κ3) is 6.09.